The first kappa shape index (κ1) is 20.1. The van der Waals surface area contributed by atoms with E-state index in [4.69, 9.17) is 38.4 Å². The van der Waals surface area contributed by atoms with Gasteiger partial charge in [-0.15, -0.1) is 5.10 Å². The Morgan fingerprint density at radius 2 is 1.86 bits per heavy atom. The summed E-state index contributed by atoms with van der Waals surface area (Å²) < 4.78 is 12.2. The summed E-state index contributed by atoms with van der Waals surface area (Å²) in [7, 11) is 1.59. The van der Waals surface area contributed by atoms with Gasteiger partial charge in [0.25, 0.3) is 0 Å². The summed E-state index contributed by atoms with van der Waals surface area (Å²) >= 11 is 12.2. The molecule has 1 aromatic heterocycles. The third kappa shape index (κ3) is 4.81. The molecule has 2 aromatic carbocycles. The largest absolute Gasteiger partial charge is 0.460 e. The molecule has 0 saturated carbocycles. The predicted molar refractivity (Wildman–Crippen MR) is 107 cm³/mol. The SMILES string of the molecule is COCCOc1nc(-c2ccc(Cl)c(Cl)c2)n(-c2ccc(CC(N)=O)cc2)n1. The number of amides is 1. The van der Waals surface area contributed by atoms with E-state index < -0.39 is 0 Å². The number of primary amides is 1. The Kier molecular flexibility index (Phi) is 6.51. The molecule has 9 heteroatoms. The normalized spacial score (nSPS) is 10.8. The Balaban J connectivity index is 1.99. The average Bonchev–Trinajstić information content (AvgIpc) is 3.08. The van der Waals surface area contributed by atoms with E-state index in [1.165, 1.54) is 0 Å². The number of benzene rings is 2. The van der Waals surface area contributed by atoms with Crippen LogP contribution < -0.4 is 10.5 Å². The van der Waals surface area contributed by atoms with Crippen LogP contribution in [0.2, 0.25) is 10.0 Å². The van der Waals surface area contributed by atoms with Gasteiger partial charge in [-0.1, -0.05) is 35.3 Å². The van der Waals surface area contributed by atoms with Crippen molar-refractivity contribution in [3.63, 3.8) is 0 Å². The van der Waals surface area contributed by atoms with Crippen LogP contribution in [0.5, 0.6) is 6.01 Å². The number of nitrogens with two attached hydrogens (primary N) is 1. The third-order valence-electron chi connectivity index (χ3n) is 3.84. The van der Waals surface area contributed by atoms with Gasteiger partial charge in [-0.05, 0) is 35.9 Å². The molecule has 0 bridgehead atoms. The fourth-order valence-corrected chi connectivity index (χ4v) is 2.83. The number of carbonyl (C=O) groups excluding carboxylic acids is 1. The summed E-state index contributed by atoms with van der Waals surface area (Å²) in [6, 6.07) is 12.7. The molecular weight excluding hydrogens is 403 g/mol. The molecule has 0 spiro atoms. The number of carbonyl (C=O) groups is 1. The lowest BCUT2D eigenvalue weighted by molar-refractivity contribution is -0.117. The minimum Gasteiger partial charge on any atom is -0.460 e. The summed E-state index contributed by atoms with van der Waals surface area (Å²) in [6.07, 6.45) is 0.169. The zero-order chi connectivity index (χ0) is 20.1. The number of aromatic nitrogens is 3. The number of halogens is 2. The molecular formula is C19H18Cl2N4O3. The van der Waals surface area contributed by atoms with Gasteiger partial charge in [-0.25, -0.2) is 4.68 Å². The molecule has 0 radical (unpaired) electrons. The van der Waals surface area contributed by atoms with Gasteiger partial charge in [-0.2, -0.15) is 4.98 Å². The quantitative estimate of drug-likeness (QED) is 0.564. The van der Waals surface area contributed by atoms with E-state index in [1.807, 2.05) is 24.3 Å². The lowest BCUT2D eigenvalue weighted by Gasteiger charge is -2.07. The Morgan fingerprint density at radius 3 is 2.50 bits per heavy atom. The smallest absolute Gasteiger partial charge is 0.336 e. The van der Waals surface area contributed by atoms with E-state index in [9.17, 15) is 4.79 Å². The summed E-state index contributed by atoms with van der Waals surface area (Å²) in [5, 5.41) is 5.29. The van der Waals surface area contributed by atoms with Crippen molar-refractivity contribution < 1.29 is 14.3 Å². The monoisotopic (exact) mass is 420 g/mol. The fourth-order valence-electron chi connectivity index (χ4n) is 2.53. The van der Waals surface area contributed by atoms with E-state index in [0.717, 1.165) is 16.8 Å². The zero-order valence-electron chi connectivity index (χ0n) is 15.1. The van der Waals surface area contributed by atoms with E-state index >= 15 is 0 Å². The minimum absolute atomic E-state index is 0.169. The van der Waals surface area contributed by atoms with Gasteiger partial charge in [0, 0.05) is 12.7 Å². The first-order chi connectivity index (χ1) is 13.5. The topological polar surface area (TPSA) is 92.3 Å². The van der Waals surface area contributed by atoms with Gasteiger partial charge in [0.1, 0.15) is 6.61 Å². The second-order valence-corrected chi connectivity index (χ2v) is 6.72. The summed E-state index contributed by atoms with van der Waals surface area (Å²) in [5.41, 5.74) is 7.52. The molecule has 0 atom stereocenters. The molecule has 0 aliphatic heterocycles. The molecule has 0 saturated heterocycles. The number of methoxy groups -OCH3 is 1. The molecule has 7 nitrogen and oxygen atoms in total. The van der Waals surface area contributed by atoms with Crippen LogP contribution in [0.3, 0.4) is 0 Å². The van der Waals surface area contributed by atoms with Gasteiger partial charge < -0.3 is 15.2 Å². The summed E-state index contributed by atoms with van der Waals surface area (Å²) in [5.74, 6) is 0.146. The molecule has 3 aromatic rings. The predicted octanol–water partition coefficient (Wildman–Crippen LogP) is 3.29. The van der Waals surface area contributed by atoms with Crippen LogP contribution >= 0.6 is 23.2 Å². The Hall–Kier alpha value is -2.61. The van der Waals surface area contributed by atoms with Crippen LogP contribution in [0.15, 0.2) is 42.5 Å². The van der Waals surface area contributed by atoms with Crippen molar-refractivity contribution >= 4 is 29.1 Å². The van der Waals surface area contributed by atoms with Gasteiger partial charge in [-0.3, -0.25) is 4.79 Å². The van der Waals surface area contributed by atoms with Crippen molar-refractivity contribution in [2.24, 2.45) is 5.73 Å². The Bertz CT molecular complexity index is 974. The van der Waals surface area contributed by atoms with Crippen molar-refractivity contribution in [2.75, 3.05) is 20.3 Å². The molecule has 3 rings (SSSR count). The summed E-state index contributed by atoms with van der Waals surface area (Å²) in [4.78, 5) is 15.6. The molecule has 2 N–H and O–H groups in total. The van der Waals surface area contributed by atoms with Crippen molar-refractivity contribution in [3.05, 3.63) is 58.1 Å². The molecule has 0 fully saturated rings. The minimum atomic E-state index is -0.390. The number of hydrogen-bond donors (Lipinski definition) is 1. The van der Waals surface area contributed by atoms with Crippen molar-refractivity contribution in [3.8, 4) is 23.1 Å². The molecule has 1 amide bonds. The van der Waals surface area contributed by atoms with Crippen molar-refractivity contribution in [2.45, 2.75) is 6.42 Å². The Labute approximate surface area is 172 Å². The van der Waals surface area contributed by atoms with Crippen LogP contribution in [-0.2, 0) is 16.0 Å². The highest BCUT2D eigenvalue weighted by atomic mass is 35.5. The maximum absolute atomic E-state index is 11.1. The molecule has 146 valence electrons. The maximum atomic E-state index is 11.1. The fraction of sp³-hybridized carbons (Fsp3) is 0.211. The van der Waals surface area contributed by atoms with E-state index in [1.54, 1.807) is 30.0 Å². The molecule has 0 aliphatic rings. The first-order valence-corrected chi connectivity index (χ1v) is 9.15. The number of hydrogen-bond acceptors (Lipinski definition) is 5. The van der Waals surface area contributed by atoms with Crippen molar-refractivity contribution in [1.29, 1.82) is 0 Å². The maximum Gasteiger partial charge on any atom is 0.336 e. The molecule has 0 aliphatic carbocycles. The molecule has 28 heavy (non-hydrogen) atoms. The van der Waals surface area contributed by atoms with Crippen LogP contribution in [0.1, 0.15) is 5.56 Å². The zero-order valence-corrected chi connectivity index (χ0v) is 16.6. The van der Waals surface area contributed by atoms with Crippen LogP contribution in [0, 0.1) is 0 Å². The van der Waals surface area contributed by atoms with Crippen molar-refractivity contribution in [1.82, 2.24) is 14.8 Å². The lowest BCUT2D eigenvalue weighted by Crippen LogP contribution is -2.13. The standard InChI is InChI=1S/C19H18Cl2N4O3/c1-27-8-9-28-19-23-18(13-4-7-15(20)16(21)11-13)25(24-19)14-5-2-12(3-6-14)10-17(22)26/h2-7,11H,8-10H2,1H3,(H2,22,26). The van der Waals surface area contributed by atoms with Crippen LogP contribution in [-0.4, -0.2) is 41.0 Å². The second kappa shape index (κ2) is 9.05. The molecule has 1 heterocycles. The first-order valence-electron chi connectivity index (χ1n) is 8.40. The van der Waals surface area contributed by atoms with E-state index in [0.29, 0.717) is 29.1 Å². The average molecular weight is 421 g/mol. The van der Waals surface area contributed by atoms with Gasteiger partial charge in [0.2, 0.25) is 5.91 Å². The number of rotatable bonds is 8. The number of nitrogens with zero attached hydrogens (tertiary/aromatic N) is 3. The number of ether oxygens (including phenoxy) is 2. The lowest BCUT2D eigenvalue weighted by atomic mass is 10.1. The third-order valence-corrected chi connectivity index (χ3v) is 4.58. The van der Waals surface area contributed by atoms with Crippen LogP contribution in [0.4, 0.5) is 0 Å². The second-order valence-electron chi connectivity index (χ2n) is 5.91. The highest BCUT2D eigenvalue weighted by Gasteiger charge is 2.16. The van der Waals surface area contributed by atoms with Gasteiger partial charge in [0.15, 0.2) is 5.82 Å². The van der Waals surface area contributed by atoms with E-state index in [-0.39, 0.29) is 18.3 Å². The van der Waals surface area contributed by atoms with Crippen LogP contribution in [0.25, 0.3) is 17.1 Å². The Morgan fingerprint density at radius 1 is 1.11 bits per heavy atom. The highest BCUT2D eigenvalue weighted by Crippen LogP contribution is 2.30. The highest BCUT2D eigenvalue weighted by molar-refractivity contribution is 6.42. The van der Waals surface area contributed by atoms with Gasteiger partial charge >= 0.3 is 6.01 Å². The summed E-state index contributed by atoms with van der Waals surface area (Å²) in [6.45, 7) is 0.733. The van der Waals surface area contributed by atoms with Gasteiger partial charge in [0.05, 0.1) is 28.8 Å². The van der Waals surface area contributed by atoms with E-state index in [2.05, 4.69) is 10.1 Å². The molecule has 0 unspecified atom stereocenters.